The number of para-hydroxylation sites is 2. The minimum atomic E-state index is -0.174. The number of hydrogen-bond donors (Lipinski definition) is 1. The van der Waals surface area contributed by atoms with Crippen LogP contribution in [-0.2, 0) is 30.8 Å². The molecule has 1 fully saturated rings. The van der Waals surface area contributed by atoms with Gasteiger partial charge >= 0.3 is 0 Å². The second-order valence-electron chi connectivity index (χ2n) is 17.9. The number of fused-ring (bicyclic) bond motifs is 4. The van der Waals surface area contributed by atoms with E-state index in [9.17, 15) is 9.59 Å². The molecule has 3 aliphatic rings. The van der Waals surface area contributed by atoms with E-state index in [4.69, 9.17) is 28.4 Å². The Balaban J connectivity index is 1.05. The number of nitrogens with zero attached hydrogens (tertiary/aromatic N) is 2. The van der Waals surface area contributed by atoms with Gasteiger partial charge in [-0.15, -0.1) is 0 Å². The first-order valence-electron chi connectivity index (χ1n) is 23.4. The van der Waals surface area contributed by atoms with Crippen molar-refractivity contribution in [2.45, 2.75) is 91.0 Å². The molecule has 1 aliphatic carbocycles. The Hall–Kier alpha value is -6.33. The summed E-state index contributed by atoms with van der Waals surface area (Å²) in [6.07, 6.45) is 6.96. The molecular weight excluding hydrogens is 831 g/mol. The monoisotopic (exact) mass is 893 g/mol. The third-order valence-corrected chi connectivity index (χ3v) is 13.9. The maximum absolute atomic E-state index is 14.1. The molecule has 346 valence electrons. The number of aliphatic imine (C=N–C) groups is 1. The van der Waals surface area contributed by atoms with Crippen LogP contribution in [0.15, 0.2) is 96.0 Å². The van der Waals surface area contributed by atoms with Gasteiger partial charge < -0.3 is 38.6 Å². The fraction of sp³-hybridized carbons (Fsp3) is 0.400. The number of anilines is 2. The number of hydrogen-bond acceptors (Lipinski definition) is 9. The molecule has 0 aromatic heterocycles. The molecule has 66 heavy (non-hydrogen) atoms. The van der Waals surface area contributed by atoms with Gasteiger partial charge in [0.1, 0.15) is 19.0 Å². The zero-order valence-corrected chi connectivity index (χ0v) is 39.2. The zero-order chi connectivity index (χ0) is 46.3. The molecule has 0 bridgehead atoms. The molecule has 11 nitrogen and oxygen atoms in total. The van der Waals surface area contributed by atoms with E-state index in [1.165, 1.54) is 12.0 Å². The quantitative estimate of drug-likeness (QED) is 0.0683. The summed E-state index contributed by atoms with van der Waals surface area (Å²) in [6.45, 7) is 11.9. The average Bonchev–Trinajstić information content (AvgIpc) is 3.98. The van der Waals surface area contributed by atoms with Crippen LogP contribution in [0.3, 0.4) is 0 Å². The predicted octanol–water partition coefficient (Wildman–Crippen LogP) is 11.6. The normalized spacial score (nSPS) is 18.9. The van der Waals surface area contributed by atoms with E-state index < -0.39 is 0 Å². The number of methoxy groups -OCH3 is 3. The van der Waals surface area contributed by atoms with Gasteiger partial charge in [0.2, 0.25) is 0 Å². The fourth-order valence-electron chi connectivity index (χ4n) is 9.79. The van der Waals surface area contributed by atoms with Crippen LogP contribution in [0.5, 0.6) is 28.7 Å². The van der Waals surface area contributed by atoms with E-state index in [0.717, 1.165) is 72.2 Å². The van der Waals surface area contributed by atoms with Crippen LogP contribution in [0, 0.1) is 17.8 Å². The molecule has 2 aliphatic heterocycles. The maximum Gasteiger partial charge on any atom is 0.260 e. The highest BCUT2D eigenvalue weighted by atomic mass is 16.5. The molecule has 11 heteroatoms. The van der Waals surface area contributed by atoms with E-state index in [1.807, 2.05) is 72.8 Å². The van der Waals surface area contributed by atoms with Gasteiger partial charge in [-0.1, -0.05) is 57.2 Å². The van der Waals surface area contributed by atoms with Crippen LogP contribution >= 0.6 is 0 Å². The Bertz CT molecular complexity index is 2550. The zero-order valence-electron chi connectivity index (χ0n) is 39.2. The first-order valence-corrected chi connectivity index (χ1v) is 23.4. The lowest BCUT2D eigenvalue weighted by molar-refractivity contribution is 0.0887. The van der Waals surface area contributed by atoms with Crippen molar-refractivity contribution in [3.8, 4) is 28.7 Å². The molecule has 5 atom stereocenters. The molecule has 5 aromatic rings. The molecule has 0 spiro atoms. The Morgan fingerprint density at radius 2 is 1.53 bits per heavy atom. The van der Waals surface area contributed by atoms with Crippen molar-refractivity contribution < 1.29 is 38.0 Å². The standard InChI is InChI=1S/C55H63N3O8/c1-8-41(61-5)17-13-14-22-64-42-24-36(23-37(25-42)33-66-53-31-48(56-4)46(30-51(53)63-7)55(60)58-21-20-38-15-10-12-19-49(38)58)32-65-52-28-44-35(3)34(2)43-27-40(43)26-39-16-9-11-18-47(39)57-54(59)45(44)29-50(52)62-6/h9-12,15-16,18-19,23-25,28-31,34-35,40-41,43H,4,8,13-14,17,20-22,26-27,32-33H2,1-3,5-7H3,(H,57,59)/t34?,35?,40-,41?,43?/m1/s1. The SMILES string of the molecule is C=Nc1cc(OCc2cc(COc3cc4c(cc3OC)C(=O)Nc3ccccc3C[C@@H]3CC3C(C)C4C)cc(OCCCCC(CC)OC)c2)c(OC)cc1C(=O)N1CCc2ccccc21. The molecule has 0 saturated heterocycles. The van der Waals surface area contributed by atoms with Crippen molar-refractivity contribution >= 4 is 35.6 Å². The van der Waals surface area contributed by atoms with Gasteiger partial charge in [0.15, 0.2) is 23.0 Å². The smallest absolute Gasteiger partial charge is 0.260 e. The largest absolute Gasteiger partial charge is 0.494 e. The average molecular weight is 894 g/mol. The Morgan fingerprint density at radius 1 is 0.833 bits per heavy atom. The molecule has 0 radical (unpaired) electrons. The summed E-state index contributed by atoms with van der Waals surface area (Å²) in [7, 11) is 4.92. The summed E-state index contributed by atoms with van der Waals surface area (Å²) in [6, 6.07) is 29.3. The number of unbranched alkanes of at least 4 members (excludes halogenated alkanes) is 1. The summed E-state index contributed by atoms with van der Waals surface area (Å²) < 4.78 is 36.7. The van der Waals surface area contributed by atoms with Gasteiger partial charge in [-0.25, -0.2) is 0 Å². The van der Waals surface area contributed by atoms with Crippen molar-refractivity contribution in [1.29, 1.82) is 0 Å². The molecule has 2 heterocycles. The van der Waals surface area contributed by atoms with Crippen LogP contribution in [0.4, 0.5) is 17.1 Å². The topological polar surface area (TPSA) is 117 Å². The first-order chi connectivity index (χ1) is 32.1. The molecule has 5 aromatic carbocycles. The van der Waals surface area contributed by atoms with Crippen molar-refractivity contribution in [2.24, 2.45) is 22.7 Å². The molecule has 8 rings (SSSR count). The van der Waals surface area contributed by atoms with E-state index in [1.54, 1.807) is 38.4 Å². The van der Waals surface area contributed by atoms with E-state index in [0.29, 0.717) is 76.5 Å². The third-order valence-electron chi connectivity index (χ3n) is 13.9. The van der Waals surface area contributed by atoms with Gasteiger partial charge in [-0.3, -0.25) is 14.6 Å². The van der Waals surface area contributed by atoms with Gasteiger partial charge in [0.05, 0.1) is 38.2 Å². The van der Waals surface area contributed by atoms with Crippen LogP contribution in [0.2, 0.25) is 0 Å². The van der Waals surface area contributed by atoms with Gasteiger partial charge in [0, 0.05) is 36.7 Å². The lowest BCUT2D eigenvalue weighted by Gasteiger charge is -2.24. The number of nitrogens with one attached hydrogen (secondary N) is 1. The lowest BCUT2D eigenvalue weighted by Crippen LogP contribution is -2.29. The van der Waals surface area contributed by atoms with Crippen molar-refractivity contribution in [2.75, 3.05) is 44.7 Å². The summed E-state index contributed by atoms with van der Waals surface area (Å²) in [4.78, 5) is 34.0. The Kier molecular flexibility index (Phi) is 14.6. The van der Waals surface area contributed by atoms with Crippen molar-refractivity contribution in [3.63, 3.8) is 0 Å². The van der Waals surface area contributed by atoms with Crippen LogP contribution in [-0.4, -0.2) is 59.1 Å². The van der Waals surface area contributed by atoms with E-state index in [-0.39, 0.29) is 37.0 Å². The minimum Gasteiger partial charge on any atom is -0.494 e. The number of rotatable bonds is 18. The first kappa shape index (κ1) is 46.2. The Morgan fingerprint density at radius 3 is 2.24 bits per heavy atom. The molecule has 1 N–H and O–H groups in total. The van der Waals surface area contributed by atoms with Gasteiger partial charge in [0.25, 0.3) is 11.8 Å². The second kappa shape index (κ2) is 20.9. The molecule has 2 amide bonds. The number of amides is 2. The summed E-state index contributed by atoms with van der Waals surface area (Å²) >= 11 is 0. The predicted molar refractivity (Wildman–Crippen MR) is 260 cm³/mol. The fourth-order valence-corrected chi connectivity index (χ4v) is 9.79. The number of carbonyl (C=O) groups excluding carboxylic acids is 2. The van der Waals surface area contributed by atoms with Crippen LogP contribution in [0.1, 0.15) is 107 Å². The summed E-state index contributed by atoms with van der Waals surface area (Å²) in [5.74, 6) is 3.84. The molecule has 4 unspecified atom stereocenters. The van der Waals surface area contributed by atoms with Crippen molar-refractivity contribution in [1.82, 2.24) is 0 Å². The van der Waals surface area contributed by atoms with Crippen molar-refractivity contribution in [3.05, 3.63) is 130 Å². The van der Waals surface area contributed by atoms with Gasteiger partial charge in [-0.2, -0.15) is 0 Å². The highest BCUT2D eigenvalue weighted by molar-refractivity contribution is 6.11. The lowest BCUT2D eigenvalue weighted by atomic mass is 9.82. The molecular formula is C55H63N3O8. The summed E-state index contributed by atoms with van der Waals surface area (Å²) in [5, 5.41) is 3.22. The second-order valence-corrected chi connectivity index (χ2v) is 17.9. The number of carbonyl (C=O) groups is 2. The van der Waals surface area contributed by atoms with Crippen LogP contribution < -0.4 is 33.9 Å². The highest BCUT2D eigenvalue weighted by Crippen LogP contribution is 2.52. The van der Waals surface area contributed by atoms with E-state index >= 15 is 0 Å². The van der Waals surface area contributed by atoms with Gasteiger partial charge in [-0.05, 0) is 152 Å². The Labute approximate surface area is 389 Å². The number of benzene rings is 5. The third kappa shape index (κ3) is 10.2. The molecule has 1 saturated carbocycles. The maximum atomic E-state index is 14.1. The highest BCUT2D eigenvalue weighted by Gasteiger charge is 2.44. The minimum absolute atomic E-state index is 0.102. The van der Waals surface area contributed by atoms with E-state index in [2.05, 4.69) is 43.9 Å². The van der Waals surface area contributed by atoms with Crippen LogP contribution in [0.25, 0.3) is 0 Å². The summed E-state index contributed by atoms with van der Waals surface area (Å²) in [5.41, 5.74) is 8.07. The number of ether oxygens (including phenoxy) is 6.